The van der Waals surface area contributed by atoms with E-state index in [-0.39, 0.29) is 10.8 Å². The normalized spacial score (nSPS) is 14.8. The van der Waals surface area contributed by atoms with Gasteiger partial charge in [0.25, 0.3) is 0 Å². The summed E-state index contributed by atoms with van der Waals surface area (Å²) >= 11 is 5.85. The van der Waals surface area contributed by atoms with Gasteiger partial charge < -0.3 is 5.32 Å². The van der Waals surface area contributed by atoms with Gasteiger partial charge in [0.15, 0.2) is 0 Å². The van der Waals surface area contributed by atoms with Crippen molar-refractivity contribution in [2.24, 2.45) is 5.92 Å². The Morgan fingerprint density at radius 1 is 1.28 bits per heavy atom. The van der Waals surface area contributed by atoms with Crippen LogP contribution >= 0.6 is 11.6 Å². The summed E-state index contributed by atoms with van der Waals surface area (Å²) in [4.78, 5) is 0. The SMILES string of the molecule is CCCNC(C(C)C)C(C)c1ccc(F)c(Cl)c1. The zero-order valence-electron chi connectivity index (χ0n) is 11.6. The Hall–Kier alpha value is -0.600. The number of rotatable bonds is 6. The van der Waals surface area contributed by atoms with E-state index in [9.17, 15) is 4.39 Å². The van der Waals surface area contributed by atoms with E-state index in [0.29, 0.717) is 17.9 Å². The van der Waals surface area contributed by atoms with Crippen LogP contribution in [-0.2, 0) is 0 Å². The minimum atomic E-state index is -0.352. The fourth-order valence-corrected chi connectivity index (χ4v) is 2.49. The first-order chi connectivity index (χ1) is 8.47. The molecule has 0 radical (unpaired) electrons. The Morgan fingerprint density at radius 2 is 1.94 bits per heavy atom. The molecule has 0 aliphatic rings. The van der Waals surface area contributed by atoms with E-state index in [0.717, 1.165) is 18.5 Å². The molecule has 1 aromatic rings. The Morgan fingerprint density at radius 3 is 2.44 bits per heavy atom. The maximum Gasteiger partial charge on any atom is 0.141 e. The monoisotopic (exact) mass is 271 g/mol. The molecule has 1 nitrogen and oxygen atoms in total. The Labute approximate surface area is 115 Å². The zero-order valence-corrected chi connectivity index (χ0v) is 12.4. The molecule has 0 saturated heterocycles. The van der Waals surface area contributed by atoms with Gasteiger partial charge in [-0.25, -0.2) is 4.39 Å². The van der Waals surface area contributed by atoms with Crippen molar-refractivity contribution < 1.29 is 4.39 Å². The average molecular weight is 272 g/mol. The summed E-state index contributed by atoms with van der Waals surface area (Å²) < 4.78 is 13.2. The summed E-state index contributed by atoms with van der Waals surface area (Å²) in [5.41, 5.74) is 1.09. The maximum absolute atomic E-state index is 13.2. The van der Waals surface area contributed by atoms with Crippen molar-refractivity contribution in [1.82, 2.24) is 5.32 Å². The molecule has 0 aromatic heterocycles. The summed E-state index contributed by atoms with van der Waals surface area (Å²) in [5, 5.41) is 3.77. The molecule has 18 heavy (non-hydrogen) atoms. The third-order valence-electron chi connectivity index (χ3n) is 3.36. The first kappa shape index (κ1) is 15.5. The smallest absolute Gasteiger partial charge is 0.141 e. The molecule has 1 rings (SSSR count). The van der Waals surface area contributed by atoms with E-state index in [4.69, 9.17) is 11.6 Å². The summed E-state index contributed by atoms with van der Waals surface area (Å²) in [6, 6.07) is 5.40. The molecule has 2 atom stereocenters. The van der Waals surface area contributed by atoms with Crippen molar-refractivity contribution in [3.05, 3.63) is 34.6 Å². The molecule has 1 aromatic carbocycles. The minimum Gasteiger partial charge on any atom is -0.313 e. The highest BCUT2D eigenvalue weighted by Gasteiger charge is 2.22. The predicted molar refractivity (Wildman–Crippen MR) is 76.7 cm³/mol. The van der Waals surface area contributed by atoms with E-state index in [1.165, 1.54) is 6.07 Å². The first-order valence-corrected chi connectivity index (χ1v) is 7.03. The van der Waals surface area contributed by atoms with Crippen LogP contribution in [0.15, 0.2) is 18.2 Å². The van der Waals surface area contributed by atoms with E-state index >= 15 is 0 Å². The molecule has 0 spiro atoms. The second-order valence-electron chi connectivity index (χ2n) is 5.19. The highest BCUT2D eigenvalue weighted by Crippen LogP contribution is 2.27. The Balaban J connectivity index is 2.87. The second kappa shape index (κ2) is 7.10. The molecule has 3 heteroatoms. The van der Waals surface area contributed by atoms with Crippen LogP contribution in [0.5, 0.6) is 0 Å². The van der Waals surface area contributed by atoms with Crippen molar-refractivity contribution >= 4 is 11.6 Å². The van der Waals surface area contributed by atoms with Gasteiger partial charge in [-0.2, -0.15) is 0 Å². The van der Waals surface area contributed by atoms with Crippen LogP contribution in [0.1, 0.15) is 45.6 Å². The van der Waals surface area contributed by atoms with Gasteiger partial charge in [-0.05, 0) is 42.5 Å². The van der Waals surface area contributed by atoms with Crippen molar-refractivity contribution in [3.8, 4) is 0 Å². The zero-order chi connectivity index (χ0) is 13.7. The maximum atomic E-state index is 13.2. The third kappa shape index (κ3) is 3.96. The Kier molecular flexibility index (Phi) is 6.10. The van der Waals surface area contributed by atoms with Crippen molar-refractivity contribution in [1.29, 1.82) is 0 Å². The summed E-state index contributed by atoms with van der Waals surface area (Å²) in [5.74, 6) is 0.486. The number of benzene rings is 1. The number of hydrogen-bond acceptors (Lipinski definition) is 1. The van der Waals surface area contributed by atoms with Crippen molar-refractivity contribution in [2.45, 2.75) is 46.1 Å². The van der Waals surface area contributed by atoms with Gasteiger partial charge in [0.2, 0.25) is 0 Å². The molecule has 2 unspecified atom stereocenters. The minimum absolute atomic E-state index is 0.206. The highest BCUT2D eigenvalue weighted by atomic mass is 35.5. The van der Waals surface area contributed by atoms with Crippen LogP contribution in [0.2, 0.25) is 5.02 Å². The fraction of sp³-hybridized carbons (Fsp3) is 0.600. The number of halogens is 2. The molecular weight excluding hydrogens is 249 g/mol. The van der Waals surface area contributed by atoms with Crippen LogP contribution in [0.25, 0.3) is 0 Å². The van der Waals surface area contributed by atoms with Gasteiger partial charge in [-0.15, -0.1) is 0 Å². The topological polar surface area (TPSA) is 12.0 Å². The molecule has 0 aliphatic heterocycles. The molecule has 0 saturated carbocycles. The van der Waals surface area contributed by atoms with Crippen LogP contribution in [0, 0.1) is 11.7 Å². The van der Waals surface area contributed by atoms with Crippen LogP contribution in [-0.4, -0.2) is 12.6 Å². The quantitative estimate of drug-likeness (QED) is 0.797. The fourth-order valence-electron chi connectivity index (χ4n) is 2.30. The predicted octanol–water partition coefficient (Wildman–Crippen LogP) is 4.61. The molecule has 0 aliphatic carbocycles. The molecular formula is C15H23ClFN. The molecule has 102 valence electrons. The molecule has 0 amide bonds. The summed E-state index contributed by atoms with van der Waals surface area (Å²) in [6.45, 7) is 9.73. The average Bonchev–Trinajstić information content (AvgIpc) is 2.32. The third-order valence-corrected chi connectivity index (χ3v) is 3.65. The van der Waals surface area contributed by atoms with Crippen LogP contribution in [0.3, 0.4) is 0 Å². The van der Waals surface area contributed by atoms with Gasteiger partial charge in [0.05, 0.1) is 5.02 Å². The molecule has 0 heterocycles. The van der Waals surface area contributed by atoms with Gasteiger partial charge in [-0.3, -0.25) is 0 Å². The van der Waals surface area contributed by atoms with Gasteiger partial charge in [0.1, 0.15) is 5.82 Å². The van der Waals surface area contributed by atoms with E-state index in [1.807, 2.05) is 6.07 Å². The lowest BCUT2D eigenvalue weighted by atomic mass is 9.86. The highest BCUT2D eigenvalue weighted by molar-refractivity contribution is 6.30. The van der Waals surface area contributed by atoms with E-state index < -0.39 is 0 Å². The lowest BCUT2D eigenvalue weighted by Gasteiger charge is -2.29. The Bertz CT molecular complexity index is 379. The molecule has 1 N–H and O–H groups in total. The lowest BCUT2D eigenvalue weighted by Crippen LogP contribution is -2.38. The molecule has 0 bridgehead atoms. The van der Waals surface area contributed by atoms with Crippen molar-refractivity contribution in [2.75, 3.05) is 6.54 Å². The van der Waals surface area contributed by atoms with E-state index in [2.05, 4.69) is 33.0 Å². The summed E-state index contributed by atoms with van der Waals surface area (Å²) in [6.07, 6.45) is 1.11. The number of hydrogen-bond donors (Lipinski definition) is 1. The van der Waals surface area contributed by atoms with Crippen LogP contribution in [0.4, 0.5) is 4.39 Å². The molecule has 0 fully saturated rings. The van der Waals surface area contributed by atoms with Crippen LogP contribution < -0.4 is 5.32 Å². The van der Waals surface area contributed by atoms with Crippen molar-refractivity contribution in [3.63, 3.8) is 0 Å². The standard InChI is InChI=1S/C15H23ClFN/c1-5-8-18-15(10(2)3)11(4)12-6-7-14(17)13(16)9-12/h6-7,9-11,15,18H,5,8H2,1-4H3. The number of nitrogens with one attached hydrogen (secondary N) is 1. The van der Waals surface area contributed by atoms with E-state index in [1.54, 1.807) is 6.07 Å². The summed E-state index contributed by atoms with van der Waals surface area (Å²) in [7, 11) is 0. The second-order valence-corrected chi connectivity index (χ2v) is 5.59. The van der Waals surface area contributed by atoms with Gasteiger partial charge in [0, 0.05) is 6.04 Å². The van der Waals surface area contributed by atoms with Gasteiger partial charge >= 0.3 is 0 Å². The van der Waals surface area contributed by atoms with Gasteiger partial charge in [-0.1, -0.05) is 45.4 Å². The largest absolute Gasteiger partial charge is 0.313 e. The first-order valence-electron chi connectivity index (χ1n) is 6.65. The lowest BCUT2D eigenvalue weighted by molar-refractivity contribution is 0.354.